The number of esters is 1. The molecular formula is C15H24O3Si. The number of hydrogen-bond acceptors (Lipinski definition) is 3. The summed E-state index contributed by atoms with van der Waals surface area (Å²) in [6, 6.07) is 7.70. The highest BCUT2D eigenvalue weighted by molar-refractivity contribution is 6.74. The van der Waals surface area contributed by atoms with Gasteiger partial charge in [-0.15, -0.1) is 0 Å². The van der Waals surface area contributed by atoms with Crippen molar-refractivity contribution in [2.45, 2.75) is 45.3 Å². The van der Waals surface area contributed by atoms with Crippen molar-refractivity contribution in [3.05, 3.63) is 29.8 Å². The molecule has 0 radical (unpaired) electrons. The normalized spacial score (nSPS) is 12.1. The van der Waals surface area contributed by atoms with E-state index < -0.39 is 8.32 Å². The second-order valence-corrected chi connectivity index (χ2v) is 11.0. The molecule has 1 rings (SSSR count). The fraction of sp³-hybridized carbons (Fsp3) is 0.533. The Kier molecular flexibility index (Phi) is 4.79. The van der Waals surface area contributed by atoms with Crippen molar-refractivity contribution < 1.29 is 14.0 Å². The van der Waals surface area contributed by atoms with E-state index in [1.54, 1.807) is 0 Å². The summed E-state index contributed by atoms with van der Waals surface area (Å²) in [6.07, 6.45) is 0.283. The van der Waals surface area contributed by atoms with Gasteiger partial charge in [0, 0.05) is 0 Å². The summed E-state index contributed by atoms with van der Waals surface area (Å²) < 4.78 is 10.9. The lowest BCUT2D eigenvalue weighted by Gasteiger charge is -2.36. The molecule has 0 aromatic heterocycles. The molecule has 0 atom stereocenters. The predicted octanol–water partition coefficient (Wildman–Crippen LogP) is 3.79. The standard InChI is InChI=1S/C15H24O3Si/c1-15(2,3)19(5,6)18-13-9-7-8-12(10-13)11-14(16)17-4/h7-10H,11H2,1-6H3. The molecule has 4 heteroatoms. The van der Waals surface area contributed by atoms with E-state index in [0.29, 0.717) is 0 Å². The maximum Gasteiger partial charge on any atom is 0.309 e. The first-order chi connectivity index (χ1) is 8.65. The molecule has 1 aromatic carbocycles. The van der Waals surface area contributed by atoms with Gasteiger partial charge in [-0.05, 0) is 35.8 Å². The van der Waals surface area contributed by atoms with Crippen LogP contribution in [0.15, 0.2) is 24.3 Å². The quantitative estimate of drug-likeness (QED) is 0.622. The van der Waals surface area contributed by atoms with Crippen molar-refractivity contribution >= 4 is 14.3 Å². The molecule has 0 saturated carbocycles. The van der Waals surface area contributed by atoms with Crippen LogP contribution in [0.4, 0.5) is 0 Å². The Hall–Kier alpha value is -1.29. The molecule has 0 heterocycles. The van der Waals surface area contributed by atoms with Crippen LogP contribution in [0, 0.1) is 0 Å². The highest BCUT2D eigenvalue weighted by atomic mass is 28.4. The largest absolute Gasteiger partial charge is 0.543 e. The van der Waals surface area contributed by atoms with E-state index in [1.165, 1.54) is 7.11 Å². The fourth-order valence-electron chi connectivity index (χ4n) is 1.41. The Morgan fingerprint density at radius 2 is 1.89 bits per heavy atom. The third-order valence-corrected chi connectivity index (χ3v) is 8.01. The van der Waals surface area contributed by atoms with Crippen LogP contribution in [0.2, 0.25) is 18.1 Å². The highest BCUT2D eigenvalue weighted by Crippen LogP contribution is 2.37. The number of carbonyl (C=O) groups is 1. The third kappa shape index (κ3) is 4.38. The summed E-state index contributed by atoms with van der Waals surface area (Å²) in [5, 5.41) is 0.158. The van der Waals surface area contributed by atoms with Gasteiger partial charge in [-0.3, -0.25) is 4.79 Å². The first kappa shape index (κ1) is 15.8. The zero-order chi connectivity index (χ0) is 14.7. The van der Waals surface area contributed by atoms with Gasteiger partial charge < -0.3 is 9.16 Å². The van der Waals surface area contributed by atoms with Crippen molar-refractivity contribution in [1.29, 1.82) is 0 Å². The van der Waals surface area contributed by atoms with E-state index in [0.717, 1.165) is 11.3 Å². The molecule has 0 N–H and O–H groups in total. The van der Waals surface area contributed by atoms with Crippen LogP contribution >= 0.6 is 0 Å². The molecule has 0 aliphatic heterocycles. The minimum Gasteiger partial charge on any atom is -0.543 e. The van der Waals surface area contributed by atoms with Gasteiger partial charge in [0.15, 0.2) is 0 Å². The number of methoxy groups -OCH3 is 1. The molecule has 0 unspecified atom stereocenters. The van der Waals surface area contributed by atoms with E-state index in [4.69, 9.17) is 4.43 Å². The van der Waals surface area contributed by atoms with Gasteiger partial charge >= 0.3 is 5.97 Å². The van der Waals surface area contributed by atoms with Crippen LogP contribution in [-0.4, -0.2) is 21.4 Å². The van der Waals surface area contributed by atoms with Crippen LogP contribution in [0.3, 0.4) is 0 Å². The maximum atomic E-state index is 11.3. The molecule has 0 saturated heterocycles. The van der Waals surface area contributed by atoms with E-state index in [-0.39, 0.29) is 17.4 Å². The average molecular weight is 280 g/mol. The molecule has 19 heavy (non-hydrogen) atoms. The van der Waals surface area contributed by atoms with E-state index in [1.807, 2.05) is 24.3 Å². The minimum atomic E-state index is -1.83. The van der Waals surface area contributed by atoms with Gasteiger partial charge in [0.05, 0.1) is 13.5 Å². The van der Waals surface area contributed by atoms with E-state index in [9.17, 15) is 4.79 Å². The number of rotatable bonds is 4. The van der Waals surface area contributed by atoms with Crippen LogP contribution in [0.1, 0.15) is 26.3 Å². The molecule has 0 amide bonds. The lowest BCUT2D eigenvalue weighted by atomic mass is 10.1. The van der Waals surface area contributed by atoms with Gasteiger partial charge in [-0.25, -0.2) is 0 Å². The molecule has 0 aliphatic rings. The Balaban J connectivity index is 2.86. The first-order valence-corrected chi connectivity index (χ1v) is 9.41. The highest BCUT2D eigenvalue weighted by Gasteiger charge is 2.38. The van der Waals surface area contributed by atoms with Crippen molar-refractivity contribution in [2.24, 2.45) is 0 Å². The third-order valence-electron chi connectivity index (χ3n) is 3.65. The summed E-state index contributed by atoms with van der Waals surface area (Å²) in [4.78, 5) is 11.3. The summed E-state index contributed by atoms with van der Waals surface area (Å²) in [6.45, 7) is 11.0. The van der Waals surface area contributed by atoms with Crippen molar-refractivity contribution in [3.63, 3.8) is 0 Å². The smallest absolute Gasteiger partial charge is 0.309 e. The SMILES string of the molecule is COC(=O)Cc1cccc(O[Si](C)(C)C(C)(C)C)c1. The zero-order valence-electron chi connectivity index (χ0n) is 12.7. The maximum absolute atomic E-state index is 11.3. The molecule has 0 aliphatic carbocycles. The number of hydrogen-bond donors (Lipinski definition) is 0. The van der Waals surface area contributed by atoms with Crippen LogP contribution in [0.5, 0.6) is 5.75 Å². The molecule has 0 bridgehead atoms. The molecule has 1 aromatic rings. The van der Waals surface area contributed by atoms with Gasteiger partial charge in [-0.1, -0.05) is 32.9 Å². The van der Waals surface area contributed by atoms with Crippen molar-refractivity contribution in [2.75, 3.05) is 7.11 Å². The zero-order valence-corrected chi connectivity index (χ0v) is 13.7. The number of ether oxygens (including phenoxy) is 1. The predicted molar refractivity (Wildman–Crippen MR) is 80.0 cm³/mol. The Morgan fingerprint density at radius 1 is 1.26 bits per heavy atom. The van der Waals surface area contributed by atoms with E-state index in [2.05, 4.69) is 38.6 Å². The van der Waals surface area contributed by atoms with Gasteiger partial charge in [0.2, 0.25) is 8.32 Å². The first-order valence-electron chi connectivity index (χ1n) is 6.50. The molecule has 3 nitrogen and oxygen atoms in total. The summed E-state index contributed by atoms with van der Waals surface area (Å²) in [7, 11) is -0.432. The van der Waals surface area contributed by atoms with Gasteiger partial charge in [-0.2, -0.15) is 0 Å². The fourth-order valence-corrected chi connectivity index (χ4v) is 2.43. The Bertz CT molecular complexity index is 447. The van der Waals surface area contributed by atoms with Crippen LogP contribution < -0.4 is 4.43 Å². The van der Waals surface area contributed by atoms with E-state index >= 15 is 0 Å². The molecule has 0 spiro atoms. The van der Waals surface area contributed by atoms with Crippen LogP contribution in [0.25, 0.3) is 0 Å². The Morgan fingerprint density at radius 3 is 2.42 bits per heavy atom. The minimum absolute atomic E-state index is 0.158. The van der Waals surface area contributed by atoms with Gasteiger partial charge in [0.1, 0.15) is 5.75 Å². The van der Waals surface area contributed by atoms with Crippen molar-refractivity contribution in [1.82, 2.24) is 0 Å². The monoisotopic (exact) mass is 280 g/mol. The second kappa shape index (κ2) is 5.78. The average Bonchev–Trinajstić information content (AvgIpc) is 2.27. The van der Waals surface area contributed by atoms with Crippen molar-refractivity contribution in [3.8, 4) is 5.75 Å². The second-order valence-electron chi connectivity index (χ2n) is 6.26. The summed E-state index contributed by atoms with van der Waals surface area (Å²) in [5.74, 6) is 0.609. The summed E-state index contributed by atoms with van der Waals surface area (Å²) >= 11 is 0. The van der Waals surface area contributed by atoms with Crippen LogP contribution in [-0.2, 0) is 16.0 Å². The molecule has 0 fully saturated rings. The number of benzene rings is 1. The lowest BCUT2D eigenvalue weighted by molar-refractivity contribution is -0.139. The Labute approximate surface area is 117 Å². The lowest BCUT2D eigenvalue weighted by Crippen LogP contribution is -2.43. The number of carbonyl (C=O) groups excluding carboxylic acids is 1. The summed E-state index contributed by atoms with van der Waals surface area (Å²) in [5.41, 5.74) is 0.919. The molecule has 106 valence electrons. The van der Waals surface area contributed by atoms with Gasteiger partial charge in [0.25, 0.3) is 0 Å². The molecular weight excluding hydrogens is 256 g/mol. The topological polar surface area (TPSA) is 35.5 Å².